The summed E-state index contributed by atoms with van der Waals surface area (Å²) in [5, 5.41) is 0. The van der Waals surface area contributed by atoms with Crippen LogP contribution in [0.15, 0.2) is 94.8 Å². The molecular weight excluding hydrogens is 1390 g/mol. The zero-order valence-electron chi connectivity index (χ0n) is 66.7. The zero-order chi connectivity index (χ0) is 75.9. The first-order valence-electron chi connectivity index (χ1n) is 42.1. The maximum atomic E-state index is 13.0. The molecule has 2 rings (SSSR count). The Morgan fingerprint density at radius 1 is 0.267 bits per heavy atom. The van der Waals surface area contributed by atoms with Crippen molar-refractivity contribution in [1.82, 2.24) is 0 Å². The summed E-state index contributed by atoms with van der Waals surface area (Å²) >= 11 is 0. The van der Waals surface area contributed by atoms with E-state index < -0.39 is 65.0 Å². The first-order valence-corrected chi connectivity index (χ1v) is 44.9. The monoisotopic (exact) mass is 1530 g/mol. The number of rotatable bonds is 70. The first-order chi connectivity index (χ1) is 50.6. The van der Waals surface area contributed by atoms with Crippen LogP contribution in [0.1, 0.15) is 429 Å². The molecule has 0 saturated heterocycles. The van der Waals surface area contributed by atoms with Crippen LogP contribution in [0.4, 0.5) is 0 Å². The van der Waals surface area contributed by atoms with Crippen LogP contribution in [0.5, 0.6) is 0 Å². The Bertz CT molecular complexity index is 2610. The summed E-state index contributed by atoms with van der Waals surface area (Å²) < 4.78 is 93.2. The SMILES string of the molecule is CCCCCCCCCC/C=C/CCCCCCOC(=O)c1cccc(S(=O)(=O)[O-])c1C(=O)OCCCCCC/C=C/CCCCCCCCCC.CCCCCCCCCC/C=C/CCCCCCOC(=O)c1cccc(S(=O)(=O)[O-])c1C(=O)OCCCCCC/C=C/CCCCCCCCCC.[Ca+2]. The van der Waals surface area contributed by atoms with E-state index in [0.717, 1.165) is 141 Å². The molecule has 0 N–H and O–H groups in total. The quantitative estimate of drug-likeness (QED) is 0.0150. The number of unbranched alkanes of at least 4 members (excludes halogenated alkanes) is 48. The van der Waals surface area contributed by atoms with Gasteiger partial charge in [0.1, 0.15) is 20.2 Å². The summed E-state index contributed by atoms with van der Waals surface area (Å²) in [5.41, 5.74) is -1.60. The van der Waals surface area contributed by atoms with E-state index in [2.05, 4.69) is 76.3 Å². The van der Waals surface area contributed by atoms with Gasteiger partial charge in [-0.25, -0.2) is 36.0 Å². The fourth-order valence-corrected chi connectivity index (χ4v) is 14.0. The molecule has 0 aliphatic rings. The Hall–Kier alpha value is -3.64. The van der Waals surface area contributed by atoms with Crippen LogP contribution < -0.4 is 0 Å². The molecule has 14 nitrogen and oxygen atoms in total. The third-order valence-electron chi connectivity index (χ3n) is 19.0. The fraction of sp³-hybridized carbons (Fsp3) is 0.727. The van der Waals surface area contributed by atoms with E-state index in [0.29, 0.717) is 25.7 Å². The zero-order valence-corrected chi connectivity index (χ0v) is 70.6. The summed E-state index contributed by atoms with van der Waals surface area (Å²) in [7, 11) is -10.0. The summed E-state index contributed by atoms with van der Waals surface area (Å²) in [6.45, 7) is 9.43. The third kappa shape index (κ3) is 58.9. The van der Waals surface area contributed by atoms with Crippen LogP contribution in [0.25, 0.3) is 0 Å². The largest absolute Gasteiger partial charge is 2.00 e. The van der Waals surface area contributed by atoms with E-state index in [1.807, 2.05) is 0 Å². The molecule has 2 aromatic rings. The molecule has 0 saturated carbocycles. The van der Waals surface area contributed by atoms with Gasteiger partial charge in [-0.05, 0) is 153 Å². The average molecular weight is 1530 g/mol. The van der Waals surface area contributed by atoms with Crippen LogP contribution >= 0.6 is 0 Å². The minimum absolute atomic E-state index is 0. The molecule has 0 heterocycles. The second kappa shape index (κ2) is 73.2. The van der Waals surface area contributed by atoms with Gasteiger partial charge in [-0.1, -0.05) is 320 Å². The van der Waals surface area contributed by atoms with Crippen LogP contribution in [-0.4, -0.2) is 114 Å². The van der Waals surface area contributed by atoms with Crippen molar-refractivity contribution in [2.75, 3.05) is 26.4 Å². The van der Waals surface area contributed by atoms with Gasteiger partial charge < -0.3 is 28.1 Å². The van der Waals surface area contributed by atoms with Gasteiger partial charge in [-0.3, -0.25) is 0 Å². The number of carbonyl (C=O) groups excluding carboxylic acids is 4. The minimum atomic E-state index is -5.02. The van der Waals surface area contributed by atoms with Crippen molar-refractivity contribution in [3.8, 4) is 0 Å². The Balaban J connectivity index is 0.00000204. The second-order valence-corrected chi connectivity index (χ2v) is 31.3. The van der Waals surface area contributed by atoms with Gasteiger partial charge in [0, 0.05) is 0 Å². The van der Waals surface area contributed by atoms with Crippen molar-refractivity contribution < 1.29 is 64.1 Å². The van der Waals surface area contributed by atoms with Crippen molar-refractivity contribution in [1.29, 1.82) is 0 Å². The minimum Gasteiger partial charge on any atom is -0.744 e. The molecule has 17 heteroatoms. The number of benzene rings is 2. The molecule has 0 radical (unpaired) electrons. The second-order valence-electron chi connectivity index (χ2n) is 28.6. The fourth-order valence-electron chi connectivity index (χ4n) is 12.6. The summed E-state index contributed by atoms with van der Waals surface area (Å²) in [5.74, 6) is -3.67. The van der Waals surface area contributed by atoms with Gasteiger partial charge in [0.05, 0.1) is 58.5 Å². The van der Waals surface area contributed by atoms with Crippen molar-refractivity contribution in [3.63, 3.8) is 0 Å². The van der Waals surface area contributed by atoms with Crippen LogP contribution in [0.2, 0.25) is 0 Å². The number of allylic oxidation sites excluding steroid dienone is 8. The summed E-state index contributed by atoms with van der Waals surface area (Å²) in [6.07, 6.45) is 83.7. The number of esters is 4. The number of hydrogen-bond acceptors (Lipinski definition) is 14. The molecule has 0 bridgehead atoms. The van der Waals surface area contributed by atoms with Gasteiger partial charge in [-0.2, -0.15) is 0 Å². The predicted octanol–water partition coefficient (Wildman–Crippen LogP) is 25.6. The van der Waals surface area contributed by atoms with E-state index in [1.165, 1.54) is 230 Å². The maximum absolute atomic E-state index is 13.0. The standard InChI is InChI=1S/2C44H74O7S.Ca/c2*1-3-5-7-9-11-13-15-17-19-21-23-25-27-29-31-33-38-50-43(45)40-36-35-37-41(52(47,48)49)42(40)44(46)51-39-34-32-30-28-26-24-22-20-18-16-14-12-10-8-6-4-2;/h2*21-24,35-37H,3-20,25-34,38-39H2,1-2H3,(H,47,48,49);/q;;+2/p-2/b2*23-21+,24-22+;. The van der Waals surface area contributed by atoms with Crippen LogP contribution in [0.3, 0.4) is 0 Å². The molecule has 0 aromatic heterocycles. The average Bonchev–Trinajstić information content (AvgIpc) is 0.799. The van der Waals surface area contributed by atoms with Crippen LogP contribution in [-0.2, 0) is 39.2 Å². The number of carbonyl (C=O) groups is 4. The molecule has 0 aliphatic carbocycles. The van der Waals surface area contributed by atoms with E-state index in [1.54, 1.807) is 0 Å². The molecule has 596 valence electrons. The smallest absolute Gasteiger partial charge is 0.744 e. The van der Waals surface area contributed by atoms with E-state index in [9.17, 15) is 45.1 Å². The molecule has 0 amide bonds. The topological polar surface area (TPSA) is 220 Å². The van der Waals surface area contributed by atoms with Crippen molar-refractivity contribution in [3.05, 3.63) is 107 Å². The molecule has 0 aliphatic heterocycles. The Kier molecular flexibility index (Phi) is 70.6. The molecule has 0 spiro atoms. The summed E-state index contributed by atoms with van der Waals surface area (Å²) in [4.78, 5) is 50.2. The van der Waals surface area contributed by atoms with Gasteiger partial charge >= 0.3 is 61.6 Å². The van der Waals surface area contributed by atoms with E-state index in [-0.39, 0.29) is 75.3 Å². The van der Waals surface area contributed by atoms with Crippen molar-refractivity contribution in [2.45, 2.75) is 397 Å². The van der Waals surface area contributed by atoms with Gasteiger partial charge in [0.15, 0.2) is 0 Å². The first kappa shape index (κ1) is 101. The predicted molar refractivity (Wildman–Crippen MR) is 434 cm³/mol. The molecule has 0 atom stereocenters. The van der Waals surface area contributed by atoms with E-state index in [4.69, 9.17) is 18.9 Å². The summed E-state index contributed by atoms with van der Waals surface area (Å²) in [6, 6.07) is 7.20. The molecule has 0 fully saturated rings. The molecule has 105 heavy (non-hydrogen) atoms. The van der Waals surface area contributed by atoms with Gasteiger partial charge in [0.25, 0.3) is 0 Å². The number of hydrogen-bond donors (Lipinski definition) is 0. The van der Waals surface area contributed by atoms with Crippen molar-refractivity contribution in [2.24, 2.45) is 0 Å². The van der Waals surface area contributed by atoms with Gasteiger partial charge in [0.2, 0.25) is 0 Å². The van der Waals surface area contributed by atoms with Gasteiger partial charge in [-0.15, -0.1) is 0 Å². The number of ether oxygens (including phenoxy) is 4. The normalized spacial score (nSPS) is 11.8. The molecular formula is C88H146CaO14S2. The van der Waals surface area contributed by atoms with Crippen LogP contribution in [0, 0.1) is 0 Å². The van der Waals surface area contributed by atoms with Crippen molar-refractivity contribution >= 4 is 81.9 Å². The molecule has 0 unspecified atom stereocenters. The Morgan fingerprint density at radius 2 is 0.438 bits per heavy atom. The third-order valence-corrected chi connectivity index (χ3v) is 20.8. The molecule has 2 aromatic carbocycles. The Morgan fingerprint density at radius 3 is 0.629 bits per heavy atom. The maximum Gasteiger partial charge on any atom is 2.00 e. The van der Waals surface area contributed by atoms with E-state index >= 15 is 0 Å². The Labute approximate surface area is 671 Å².